The second kappa shape index (κ2) is 7.95. The number of imidazole rings is 1. The summed E-state index contributed by atoms with van der Waals surface area (Å²) in [6.07, 6.45) is 17.5. The molecule has 25 heavy (non-hydrogen) atoms. The van der Waals surface area contributed by atoms with Gasteiger partial charge in [0.15, 0.2) is 0 Å². The van der Waals surface area contributed by atoms with Crippen molar-refractivity contribution in [1.29, 1.82) is 0 Å². The Labute approximate surface area is 149 Å². The molecule has 4 rings (SSSR count). The number of aromatic nitrogens is 4. The highest BCUT2D eigenvalue weighted by molar-refractivity contribution is 5.30. The molecule has 2 aromatic rings. The van der Waals surface area contributed by atoms with Crippen LogP contribution in [-0.4, -0.2) is 50.1 Å². The Kier molecular flexibility index (Phi) is 5.25. The molecule has 134 valence electrons. The van der Waals surface area contributed by atoms with E-state index >= 15 is 0 Å². The van der Waals surface area contributed by atoms with E-state index in [1.807, 2.05) is 24.9 Å². The molecular formula is C19H28N6. The first kappa shape index (κ1) is 16.5. The lowest BCUT2D eigenvalue weighted by Gasteiger charge is -2.35. The first-order chi connectivity index (χ1) is 12.4. The van der Waals surface area contributed by atoms with Crippen molar-refractivity contribution in [3.63, 3.8) is 0 Å². The number of hydrogen-bond acceptors (Lipinski definition) is 5. The second-order valence-corrected chi connectivity index (χ2v) is 7.29. The van der Waals surface area contributed by atoms with Gasteiger partial charge in [0.2, 0.25) is 5.95 Å². The average molecular weight is 340 g/mol. The van der Waals surface area contributed by atoms with E-state index in [1.165, 1.54) is 50.6 Å². The van der Waals surface area contributed by atoms with Crippen LogP contribution in [0.2, 0.25) is 0 Å². The normalized spacial score (nSPS) is 21.8. The fourth-order valence-corrected chi connectivity index (χ4v) is 4.06. The van der Waals surface area contributed by atoms with Gasteiger partial charge in [-0.3, -0.25) is 4.90 Å². The molecule has 2 aliphatic heterocycles. The second-order valence-electron chi connectivity index (χ2n) is 7.29. The van der Waals surface area contributed by atoms with Gasteiger partial charge in [0.1, 0.15) is 0 Å². The maximum Gasteiger partial charge on any atom is 0.225 e. The quantitative estimate of drug-likeness (QED) is 0.809. The molecule has 2 aromatic heterocycles. The molecule has 0 radical (unpaired) electrons. The van der Waals surface area contributed by atoms with Gasteiger partial charge >= 0.3 is 0 Å². The fourth-order valence-electron chi connectivity index (χ4n) is 4.06. The Morgan fingerprint density at radius 1 is 1.00 bits per heavy atom. The molecule has 6 heteroatoms. The predicted octanol–water partition coefficient (Wildman–Crippen LogP) is 2.72. The highest BCUT2D eigenvalue weighted by Crippen LogP contribution is 2.23. The lowest BCUT2D eigenvalue weighted by atomic mass is 9.99. The van der Waals surface area contributed by atoms with Crippen molar-refractivity contribution in [2.45, 2.75) is 57.7 Å². The third-order valence-electron chi connectivity index (χ3n) is 5.50. The van der Waals surface area contributed by atoms with Crippen LogP contribution in [0.4, 0.5) is 5.95 Å². The Morgan fingerprint density at radius 2 is 1.80 bits per heavy atom. The first-order valence-electron chi connectivity index (χ1n) is 9.64. The third-order valence-corrected chi connectivity index (χ3v) is 5.50. The minimum atomic E-state index is 0.648. The van der Waals surface area contributed by atoms with E-state index in [0.717, 1.165) is 32.1 Å². The Morgan fingerprint density at radius 3 is 2.56 bits per heavy atom. The highest BCUT2D eigenvalue weighted by Gasteiger charge is 2.22. The predicted molar refractivity (Wildman–Crippen MR) is 98.4 cm³/mol. The van der Waals surface area contributed by atoms with E-state index in [-0.39, 0.29) is 0 Å². The van der Waals surface area contributed by atoms with Crippen LogP contribution in [-0.2, 0) is 13.1 Å². The maximum atomic E-state index is 4.61. The Balaban J connectivity index is 1.35. The number of likely N-dealkylation sites (tertiary alicyclic amines) is 1. The molecule has 2 fully saturated rings. The minimum Gasteiger partial charge on any atom is -0.341 e. The monoisotopic (exact) mass is 340 g/mol. The van der Waals surface area contributed by atoms with Crippen LogP contribution in [0.25, 0.3) is 0 Å². The van der Waals surface area contributed by atoms with Gasteiger partial charge in [-0.05, 0) is 38.6 Å². The average Bonchev–Trinajstić information content (AvgIpc) is 3.36. The molecule has 0 aliphatic carbocycles. The van der Waals surface area contributed by atoms with Crippen LogP contribution >= 0.6 is 0 Å². The molecule has 1 atom stereocenters. The lowest BCUT2D eigenvalue weighted by Crippen LogP contribution is -2.39. The largest absolute Gasteiger partial charge is 0.341 e. The van der Waals surface area contributed by atoms with Crippen LogP contribution in [0, 0.1) is 0 Å². The fraction of sp³-hybridized carbons (Fsp3) is 0.632. The van der Waals surface area contributed by atoms with Crippen LogP contribution in [0.1, 0.15) is 44.1 Å². The standard InChI is InChI=1S/C19H28N6/c1-2-10-25(18(5-1)6-11-23-12-7-20-16-23)15-17-13-21-19(22-14-17)24-8-3-4-9-24/h7,12-14,16,18H,1-6,8-11,15H2. The zero-order valence-electron chi connectivity index (χ0n) is 14.9. The summed E-state index contributed by atoms with van der Waals surface area (Å²) < 4.78 is 2.18. The summed E-state index contributed by atoms with van der Waals surface area (Å²) in [5.41, 5.74) is 1.23. The number of anilines is 1. The molecule has 0 bridgehead atoms. The van der Waals surface area contributed by atoms with E-state index in [4.69, 9.17) is 0 Å². The summed E-state index contributed by atoms with van der Waals surface area (Å²) >= 11 is 0. The van der Waals surface area contributed by atoms with Gasteiger partial charge in [0.05, 0.1) is 6.33 Å². The van der Waals surface area contributed by atoms with Crippen LogP contribution in [0.3, 0.4) is 0 Å². The molecule has 0 saturated carbocycles. The number of hydrogen-bond donors (Lipinski definition) is 0. The third kappa shape index (κ3) is 4.18. The summed E-state index contributed by atoms with van der Waals surface area (Å²) in [5.74, 6) is 0.900. The molecule has 0 aromatic carbocycles. The Bertz CT molecular complexity index is 632. The van der Waals surface area contributed by atoms with Gasteiger partial charge in [-0.15, -0.1) is 0 Å². The summed E-state index contributed by atoms with van der Waals surface area (Å²) in [6.45, 7) is 5.40. The molecule has 0 amide bonds. The van der Waals surface area contributed by atoms with Crippen molar-refractivity contribution in [2.24, 2.45) is 0 Å². The van der Waals surface area contributed by atoms with Crippen molar-refractivity contribution in [3.8, 4) is 0 Å². The minimum absolute atomic E-state index is 0.648. The van der Waals surface area contributed by atoms with Gasteiger partial charge in [0.25, 0.3) is 0 Å². The Hall–Kier alpha value is -1.95. The molecular weight excluding hydrogens is 312 g/mol. The number of nitrogens with zero attached hydrogens (tertiary/aromatic N) is 6. The van der Waals surface area contributed by atoms with Gasteiger partial charge in [0, 0.05) is 62.6 Å². The molecule has 1 unspecified atom stereocenters. The van der Waals surface area contributed by atoms with Crippen LogP contribution in [0.15, 0.2) is 31.1 Å². The van der Waals surface area contributed by atoms with E-state index in [1.54, 1.807) is 0 Å². The van der Waals surface area contributed by atoms with Crippen LogP contribution < -0.4 is 4.90 Å². The lowest BCUT2D eigenvalue weighted by molar-refractivity contribution is 0.128. The topological polar surface area (TPSA) is 50.1 Å². The smallest absolute Gasteiger partial charge is 0.225 e. The van der Waals surface area contributed by atoms with Crippen molar-refractivity contribution in [1.82, 2.24) is 24.4 Å². The number of piperidine rings is 1. The van der Waals surface area contributed by atoms with Crippen LogP contribution in [0.5, 0.6) is 0 Å². The van der Waals surface area contributed by atoms with E-state index in [0.29, 0.717) is 6.04 Å². The maximum absolute atomic E-state index is 4.61. The van der Waals surface area contributed by atoms with E-state index in [9.17, 15) is 0 Å². The van der Waals surface area contributed by atoms with Gasteiger partial charge in [-0.2, -0.15) is 0 Å². The summed E-state index contributed by atoms with van der Waals surface area (Å²) in [5, 5.41) is 0. The van der Waals surface area contributed by atoms with E-state index < -0.39 is 0 Å². The zero-order valence-corrected chi connectivity index (χ0v) is 14.9. The summed E-state index contributed by atoms with van der Waals surface area (Å²) in [4.78, 5) is 18.3. The molecule has 0 N–H and O–H groups in total. The van der Waals surface area contributed by atoms with Crippen molar-refractivity contribution >= 4 is 5.95 Å². The molecule has 2 saturated heterocycles. The molecule has 0 spiro atoms. The molecule has 2 aliphatic rings. The zero-order chi connectivity index (χ0) is 16.9. The highest BCUT2D eigenvalue weighted by atomic mass is 15.3. The molecule has 6 nitrogen and oxygen atoms in total. The van der Waals surface area contributed by atoms with Gasteiger partial charge in [-0.25, -0.2) is 15.0 Å². The molecule has 4 heterocycles. The number of aryl methyl sites for hydroxylation is 1. The summed E-state index contributed by atoms with van der Waals surface area (Å²) in [7, 11) is 0. The van der Waals surface area contributed by atoms with Gasteiger partial charge < -0.3 is 9.47 Å². The first-order valence-corrected chi connectivity index (χ1v) is 9.64. The summed E-state index contributed by atoms with van der Waals surface area (Å²) in [6, 6.07) is 0.648. The van der Waals surface area contributed by atoms with E-state index in [2.05, 4.69) is 35.5 Å². The van der Waals surface area contributed by atoms with Crippen molar-refractivity contribution in [2.75, 3.05) is 24.5 Å². The SMILES string of the molecule is c1cn(CCC2CCCCN2Cc2cnc(N3CCCC3)nc2)cn1. The van der Waals surface area contributed by atoms with Crippen molar-refractivity contribution < 1.29 is 0 Å². The number of rotatable bonds is 6. The van der Waals surface area contributed by atoms with Crippen molar-refractivity contribution in [3.05, 3.63) is 36.7 Å². The van der Waals surface area contributed by atoms with Gasteiger partial charge in [-0.1, -0.05) is 6.42 Å².